The van der Waals surface area contributed by atoms with Crippen LogP contribution in [0.4, 0.5) is 10.6 Å². The number of carbonyl (C=O) groups is 1. The maximum Gasteiger partial charge on any atom is 0.320 e. The van der Waals surface area contributed by atoms with Crippen LogP contribution in [0.1, 0.15) is 12.6 Å². The van der Waals surface area contributed by atoms with E-state index in [0.29, 0.717) is 5.82 Å². The maximum atomic E-state index is 11.3. The number of rotatable bonds is 3. The zero-order valence-corrected chi connectivity index (χ0v) is 9.11. The molecule has 2 amide bonds. The Labute approximate surface area is 88.3 Å². The van der Waals surface area contributed by atoms with Crippen molar-refractivity contribution < 1.29 is 9.90 Å². The van der Waals surface area contributed by atoms with Gasteiger partial charge in [-0.05, 0) is 13.8 Å². The number of anilines is 1. The number of aryl methyl sites for hydroxylation is 2. The van der Waals surface area contributed by atoms with Crippen molar-refractivity contribution in [3.05, 3.63) is 11.8 Å². The Kier molecular flexibility index (Phi) is 3.68. The van der Waals surface area contributed by atoms with Gasteiger partial charge in [-0.25, -0.2) is 4.79 Å². The van der Waals surface area contributed by atoms with Crippen molar-refractivity contribution in [1.29, 1.82) is 0 Å². The summed E-state index contributed by atoms with van der Waals surface area (Å²) in [5.41, 5.74) is 0.836. The lowest BCUT2D eigenvalue weighted by Crippen LogP contribution is -2.34. The van der Waals surface area contributed by atoms with Gasteiger partial charge >= 0.3 is 6.03 Å². The van der Waals surface area contributed by atoms with Crippen LogP contribution in [-0.4, -0.2) is 33.6 Å². The van der Waals surface area contributed by atoms with Crippen molar-refractivity contribution in [3.63, 3.8) is 0 Å². The second-order valence-electron chi connectivity index (χ2n) is 3.48. The second kappa shape index (κ2) is 4.79. The van der Waals surface area contributed by atoms with E-state index in [-0.39, 0.29) is 12.6 Å². The van der Waals surface area contributed by atoms with Crippen molar-refractivity contribution in [2.24, 2.45) is 7.05 Å². The number of carbonyl (C=O) groups excluding carboxylic acids is 1. The summed E-state index contributed by atoms with van der Waals surface area (Å²) in [6.45, 7) is 3.68. The molecule has 0 spiro atoms. The predicted molar refractivity (Wildman–Crippen MR) is 56.6 cm³/mol. The second-order valence-corrected chi connectivity index (χ2v) is 3.48. The van der Waals surface area contributed by atoms with E-state index in [9.17, 15) is 4.79 Å². The van der Waals surface area contributed by atoms with Crippen molar-refractivity contribution in [3.8, 4) is 0 Å². The Morgan fingerprint density at radius 2 is 2.40 bits per heavy atom. The van der Waals surface area contributed by atoms with Gasteiger partial charge in [0.2, 0.25) is 0 Å². The Bertz CT molecular complexity index is 346. The molecule has 6 nitrogen and oxygen atoms in total. The van der Waals surface area contributed by atoms with E-state index in [0.717, 1.165) is 5.69 Å². The maximum absolute atomic E-state index is 11.3. The summed E-state index contributed by atoms with van der Waals surface area (Å²) in [6, 6.07) is 1.42. The van der Waals surface area contributed by atoms with Gasteiger partial charge in [0, 0.05) is 19.7 Å². The van der Waals surface area contributed by atoms with Crippen LogP contribution in [0.25, 0.3) is 0 Å². The number of urea groups is 1. The molecule has 3 N–H and O–H groups in total. The average Bonchev–Trinajstić information content (AvgIpc) is 2.42. The van der Waals surface area contributed by atoms with E-state index < -0.39 is 6.10 Å². The van der Waals surface area contributed by atoms with Crippen molar-refractivity contribution in [2.75, 3.05) is 11.9 Å². The SMILES string of the molecule is Cc1cc(NC(=O)NC[C@H](C)O)n(C)n1. The summed E-state index contributed by atoms with van der Waals surface area (Å²) in [5, 5.41) is 18.2. The molecule has 0 unspecified atom stereocenters. The van der Waals surface area contributed by atoms with Gasteiger partial charge in [-0.1, -0.05) is 0 Å². The molecule has 84 valence electrons. The highest BCUT2D eigenvalue weighted by atomic mass is 16.3. The first kappa shape index (κ1) is 11.5. The third-order valence-electron chi connectivity index (χ3n) is 1.80. The number of aliphatic hydroxyl groups is 1. The van der Waals surface area contributed by atoms with E-state index in [4.69, 9.17) is 5.11 Å². The van der Waals surface area contributed by atoms with E-state index in [1.807, 2.05) is 6.92 Å². The molecule has 1 aromatic rings. The molecule has 0 bridgehead atoms. The fraction of sp³-hybridized carbons (Fsp3) is 0.556. The molecule has 0 aliphatic carbocycles. The molecule has 6 heteroatoms. The molecule has 1 aromatic heterocycles. The lowest BCUT2D eigenvalue weighted by Gasteiger charge is -2.08. The summed E-state index contributed by atoms with van der Waals surface area (Å²) in [7, 11) is 1.75. The molecule has 0 saturated heterocycles. The van der Waals surface area contributed by atoms with Crippen LogP contribution in [0, 0.1) is 6.92 Å². The Morgan fingerprint density at radius 3 is 2.87 bits per heavy atom. The van der Waals surface area contributed by atoms with Crippen LogP contribution < -0.4 is 10.6 Å². The molecule has 1 heterocycles. The smallest absolute Gasteiger partial charge is 0.320 e. The largest absolute Gasteiger partial charge is 0.392 e. The lowest BCUT2D eigenvalue weighted by molar-refractivity contribution is 0.190. The number of hydrogen-bond donors (Lipinski definition) is 3. The zero-order chi connectivity index (χ0) is 11.4. The van der Waals surface area contributed by atoms with Gasteiger partial charge in [0.1, 0.15) is 5.82 Å². The molecule has 0 aromatic carbocycles. The van der Waals surface area contributed by atoms with Gasteiger partial charge in [0.15, 0.2) is 0 Å². The first-order chi connectivity index (χ1) is 6.99. The fourth-order valence-corrected chi connectivity index (χ4v) is 1.13. The Balaban J connectivity index is 2.48. The molecule has 0 radical (unpaired) electrons. The summed E-state index contributed by atoms with van der Waals surface area (Å²) in [4.78, 5) is 11.3. The van der Waals surface area contributed by atoms with E-state index in [2.05, 4.69) is 15.7 Å². The third-order valence-corrected chi connectivity index (χ3v) is 1.80. The van der Waals surface area contributed by atoms with Gasteiger partial charge < -0.3 is 10.4 Å². The van der Waals surface area contributed by atoms with Gasteiger partial charge in [-0.2, -0.15) is 5.10 Å². The quantitative estimate of drug-likeness (QED) is 0.671. The molecule has 0 saturated carbocycles. The molecule has 0 aliphatic heterocycles. The standard InChI is InChI=1S/C9H16N4O2/c1-6-4-8(13(3)12-6)11-9(15)10-5-7(2)14/h4,7,14H,5H2,1-3H3,(H2,10,11,15)/t7-/m0/s1. The van der Waals surface area contributed by atoms with E-state index in [1.54, 1.807) is 24.7 Å². The van der Waals surface area contributed by atoms with Gasteiger partial charge in [-0.15, -0.1) is 0 Å². The normalized spacial score (nSPS) is 12.3. The van der Waals surface area contributed by atoms with E-state index in [1.165, 1.54) is 0 Å². The first-order valence-electron chi connectivity index (χ1n) is 4.72. The van der Waals surface area contributed by atoms with E-state index >= 15 is 0 Å². The highest BCUT2D eigenvalue weighted by Crippen LogP contribution is 2.07. The Morgan fingerprint density at radius 1 is 1.73 bits per heavy atom. The topological polar surface area (TPSA) is 79.2 Å². The number of nitrogens with one attached hydrogen (secondary N) is 2. The van der Waals surface area contributed by atoms with Crippen LogP contribution in [0.15, 0.2) is 6.07 Å². The minimum absolute atomic E-state index is 0.225. The summed E-state index contributed by atoms with van der Waals surface area (Å²) >= 11 is 0. The fourth-order valence-electron chi connectivity index (χ4n) is 1.13. The first-order valence-corrected chi connectivity index (χ1v) is 4.72. The van der Waals surface area contributed by atoms with Gasteiger partial charge in [0.05, 0.1) is 11.8 Å². The predicted octanol–water partition coefficient (Wildman–Crippen LogP) is 0.231. The van der Waals surface area contributed by atoms with Crippen LogP contribution in [0.3, 0.4) is 0 Å². The van der Waals surface area contributed by atoms with Crippen molar-refractivity contribution >= 4 is 11.8 Å². The zero-order valence-electron chi connectivity index (χ0n) is 9.11. The molecular formula is C9H16N4O2. The number of nitrogens with zero attached hydrogens (tertiary/aromatic N) is 2. The summed E-state index contributed by atoms with van der Waals surface area (Å²) < 4.78 is 1.58. The highest BCUT2D eigenvalue weighted by Gasteiger charge is 2.06. The Hall–Kier alpha value is -1.56. The van der Waals surface area contributed by atoms with Crippen LogP contribution >= 0.6 is 0 Å². The number of hydrogen-bond acceptors (Lipinski definition) is 3. The molecular weight excluding hydrogens is 196 g/mol. The summed E-state index contributed by atoms with van der Waals surface area (Å²) in [6.07, 6.45) is -0.552. The molecule has 1 rings (SSSR count). The minimum Gasteiger partial charge on any atom is -0.392 e. The van der Waals surface area contributed by atoms with Crippen LogP contribution in [0.5, 0.6) is 0 Å². The number of aliphatic hydroxyl groups excluding tert-OH is 1. The lowest BCUT2D eigenvalue weighted by atomic mass is 10.4. The minimum atomic E-state index is -0.552. The summed E-state index contributed by atoms with van der Waals surface area (Å²) in [5.74, 6) is 0.621. The average molecular weight is 212 g/mol. The van der Waals surface area contributed by atoms with Gasteiger partial charge in [-0.3, -0.25) is 10.00 Å². The number of aromatic nitrogens is 2. The molecule has 0 aliphatic rings. The third kappa shape index (κ3) is 3.59. The monoisotopic (exact) mass is 212 g/mol. The van der Waals surface area contributed by atoms with Gasteiger partial charge in [0.25, 0.3) is 0 Å². The van der Waals surface area contributed by atoms with Crippen LogP contribution in [-0.2, 0) is 7.05 Å². The number of amides is 2. The van der Waals surface area contributed by atoms with Crippen molar-refractivity contribution in [2.45, 2.75) is 20.0 Å². The van der Waals surface area contributed by atoms with Crippen molar-refractivity contribution in [1.82, 2.24) is 15.1 Å². The highest BCUT2D eigenvalue weighted by molar-refractivity contribution is 5.88. The molecule has 1 atom stereocenters. The molecule has 15 heavy (non-hydrogen) atoms. The molecule has 0 fully saturated rings. The van der Waals surface area contributed by atoms with Crippen LogP contribution in [0.2, 0.25) is 0 Å².